The third kappa shape index (κ3) is 5.77. The molecular weight excluding hydrogens is 456 g/mol. The van der Waals surface area contributed by atoms with E-state index >= 15 is 0 Å². The van der Waals surface area contributed by atoms with Crippen LogP contribution in [0.25, 0.3) is 5.69 Å². The molecule has 37 heavy (non-hydrogen) atoms. The summed E-state index contributed by atoms with van der Waals surface area (Å²) in [5, 5.41) is 3.12. The van der Waals surface area contributed by atoms with Gasteiger partial charge in [-0.3, -0.25) is 9.69 Å². The number of hydrogen-bond acceptors (Lipinski definition) is 3. The molecule has 5 heteroatoms. The summed E-state index contributed by atoms with van der Waals surface area (Å²) in [4.78, 5) is 17.8. The minimum Gasteiger partial charge on any atom is -0.369 e. The monoisotopic (exact) mass is 498 g/mol. The van der Waals surface area contributed by atoms with Crippen LogP contribution in [0.15, 0.2) is 48.5 Å². The van der Waals surface area contributed by atoms with E-state index in [1.807, 2.05) is 12.1 Å². The quantitative estimate of drug-likeness (QED) is 0.439. The number of amides is 1. The van der Waals surface area contributed by atoms with E-state index in [1.165, 1.54) is 46.6 Å². The molecule has 2 aromatic carbocycles. The summed E-state index contributed by atoms with van der Waals surface area (Å²) in [6.45, 7) is 14.9. The summed E-state index contributed by atoms with van der Waals surface area (Å²) < 4.78 is 2.38. The minimum absolute atomic E-state index is 0.0198. The van der Waals surface area contributed by atoms with Gasteiger partial charge in [-0.1, -0.05) is 19.1 Å². The molecule has 196 valence electrons. The van der Waals surface area contributed by atoms with E-state index in [-0.39, 0.29) is 5.91 Å². The van der Waals surface area contributed by atoms with Crippen LogP contribution >= 0.6 is 0 Å². The van der Waals surface area contributed by atoms with E-state index in [1.54, 1.807) is 0 Å². The number of piperazine rings is 1. The lowest BCUT2D eigenvalue weighted by molar-refractivity contribution is 0.0951. The topological polar surface area (TPSA) is 40.5 Å². The van der Waals surface area contributed by atoms with Crippen molar-refractivity contribution < 1.29 is 4.79 Å². The van der Waals surface area contributed by atoms with Crippen LogP contribution in [0.2, 0.25) is 0 Å². The fourth-order valence-electron chi connectivity index (χ4n) is 6.07. The number of aryl methyl sites for hydroxylation is 3. The number of carbonyl (C=O) groups excluding carboxylic acids is 1. The van der Waals surface area contributed by atoms with E-state index in [4.69, 9.17) is 0 Å². The summed E-state index contributed by atoms with van der Waals surface area (Å²) in [5.41, 5.74) is 10.2. The second-order valence-corrected chi connectivity index (χ2v) is 11.2. The first-order valence-corrected chi connectivity index (χ1v) is 14.0. The highest BCUT2D eigenvalue weighted by Gasteiger charge is 2.21. The lowest BCUT2D eigenvalue weighted by atomic mass is 9.89. The van der Waals surface area contributed by atoms with E-state index in [2.05, 4.69) is 83.8 Å². The Bertz CT molecular complexity index is 1230. The zero-order valence-electron chi connectivity index (χ0n) is 23.0. The number of rotatable bonds is 7. The Morgan fingerprint density at radius 3 is 2.49 bits per heavy atom. The number of anilines is 1. The van der Waals surface area contributed by atoms with Crippen LogP contribution < -0.4 is 10.2 Å². The first kappa shape index (κ1) is 25.6. The van der Waals surface area contributed by atoms with Crippen LogP contribution in [-0.4, -0.2) is 54.6 Å². The first-order valence-electron chi connectivity index (χ1n) is 14.0. The molecule has 0 unspecified atom stereocenters. The number of carbonyl (C=O) groups is 1. The highest BCUT2D eigenvalue weighted by atomic mass is 16.1. The number of hydrogen-bond donors (Lipinski definition) is 1. The SMILES string of the molecule is Cc1ccc(C)c(N2CCN(CCCNC(=O)c3ccc(-n4c(C)cc5c4CC[C@@H](C)C5)cc3)CC2)c1. The zero-order chi connectivity index (χ0) is 25.9. The molecule has 1 amide bonds. The fraction of sp³-hybridized carbons (Fsp3) is 0.469. The third-order valence-electron chi connectivity index (χ3n) is 8.22. The van der Waals surface area contributed by atoms with E-state index in [9.17, 15) is 4.79 Å². The molecule has 2 aliphatic rings. The van der Waals surface area contributed by atoms with Gasteiger partial charge in [0.05, 0.1) is 0 Å². The maximum absolute atomic E-state index is 12.8. The van der Waals surface area contributed by atoms with Gasteiger partial charge in [0, 0.05) is 61.0 Å². The molecule has 1 aromatic heterocycles. The van der Waals surface area contributed by atoms with Crippen molar-refractivity contribution in [2.24, 2.45) is 5.92 Å². The Morgan fingerprint density at radius 1 is 0.973 bits per heavy atom. The van der Waals surface area contributed by atoms with Crippen molar-refractivity contribution >= 4 is 11.6 Å². The Hall–Kier alpha value is -3.05. The second-order valence-electron chi connectivity index (χ2n) is 11.2. The predicted octanol–water partition coefficient (Wildman–Crippen LogP) is 5.47. The van der Waals surface area contributed by atoms with Crippen molar-refractivity contribution in [1.82, 2.24) is 14.8 Å². The molecule has 1 atom stereocenters. The molecule has 5 nitrogen and oxygen atoms in total. The normalized spacial score (nSPS) is 18.1. The van der Waals surface area contributed by atoms with Crippen molar-refractivity contribution in [3.63, 3.8) is 0 Å². The van der Waals surface area contributed by atoms with E-state index < -0.39 is 0 Å². The second kappa shape index (κ2) is 11.1. The van der Waals surface area contributed by atoms with Crippen LogP contribution in [0.5, 0.6) is 0 Å². The largest absolute Gasteiger partial charge is 0.369 e. The fourth-order valence-corrected chi connectivity index (χ4v) is 6.07. The Kier molecular flexibility index (Phi) is 7.71. The molecule has 5 rings (SSSR count). The number of fused-ring (bicyclic) bond motifs is 1. The number of nitrogens with one attached hydrogen (secondary N) is 1. The van der Waals surface area contributed by atoms with Crippen LogP contribution in [0, 0.1) is 26.7 Å². The summed E-state index contributed by atoms with van der Waals surface area (Å²) in [6, 6.07) is 17.2. The van der Waals surface area contributed by atoms with Gasteiger partial charge in [0.25, 0.3) is 5.91 Å². The third-order valence-corrected chi connectivity index (χ3v) is 8.22. The highest BCUT2D eigenvalue weighted by Crippen LogP contribution is 2.30. The zero-order valence-corrected chi connectivity index (χ0v) is 23.0. The minimum atomic E-state index is 0.0198. The summed E-state index contributed by atoms with van der Waals surface area (Å²) in [6.07, 6.45) is 4.53. The van der Waals surface area contributed by atoms with Crippen LogP contribution in [-0.2, 0) is 12.8 Å². The smallest absolute Gasteiger partial charge is 0.251 e. The van der Waals surface area contributed by atoms with Crippen molar-refractivity contribution in [2.75, 3.05) is 44.2 Å². The standard InChI is InChI=1S/C32H42N4O/c1-23-7-13-30-28(20-23)22-26(4)36(30)29-11-9-27(10-12-29)32(37)33-14-5-15-34-16-18-35(19-17-34)31-21-24(2)6-8-25(31)3/h6,8-12,21-23H,5,7,13-20H2,1-4H3,(H,33,37)/t23-/m1/s1. The van der Waals surface area contributed by atoms with Gasteiger partial charge in [0.2, 0.25) is 0 Å². The molecule has 1 aliphatic carbocycles. The molecule has 0 bridgehead atoms. The van der Waals surface area contributed by atoms with Crippen molar-refractivity contribution in [2.45, 2.75) is 53.4 Å². The van der Waals surface area contributed by atoms with Gasteiger partial charge in [-0.25, -0.2) is 0 Å². The molecule has 0 spiro atoms. The molecule has 3 aromatic rings. The molecule has 0 radical (unpaired) electrons. The van der Waals surface area contributed by atoms with Crippen molar-refractivity contribution in [3.05, 3.63) is 82.2 Å². The maximum Gasteiger partial charge on any atom is 0.251 e. The van der Waals surface area contributed by atoms with Crippen molar-refractivity contribution in [3.8, 4) is 5.69 Å². The van der Waals surface area contributed by atoms with E-state index in [0.717, 1.165) is 62.7 Å². The van der Waals surface area contributed by atoms with Gasteiger partial charge in [0.15, 0.2) is 0 Å². The van der Waals surface area contributed by atoms with Gasteiger partial charge >= 0.3 is 0 Å². The first-order chi connectivity index (χ1) is 17.9. The molecular formula is C32H42N4O. The average molecular weight is 499 g/mol. The summed E-state index contributed by atoms with van der Waals surface area (Å²) in [7, 11) is 0. The highest BCUT2D eigenvalue weighted by molar-refractivity contribution is 5.94. The molecule has 0 saturated carbocycles. The lowest BCUT2D eigenvalue weighted by Crippen LogP contribution is -2.47. The van der Waals surface area contributed by atoms with Crippen LogP contribution in [0.1, 0.15) is 58.2 Å². The molecule has 2 heterocycles. The maximum atomic E-state index is 12.8. The molecule has 1 aliphatic heterocycles. The number of aromatic nitrogens is 1. The van der Waals surface area contributed by atoms with Crippen LogP contribution in [0.4, 0.5) is 5.69 Å². The van der Waals surface area contributed by atoms with Gasteiger partial charge in [-0.15, -0.1) is 0 Å². The van der Waals surface area contributed by atoms with Gasteiger partial charge < -0.3 is 14.8 Å². The van der Waals surface area contributed by atoms with Gasteiger partial charge in [0.1, 0.15) is 0 Å². The Balaban J connectivity index is 1.08. The van der Waals surface area contributed by atoms with Gasteiger partial charge in [-0.2, -0.15) is 0 Å². The lowest BCUT2D eigenvalue weighted by Gasteiger charge is -2.37. The Labute approximate surface area is 222 Å². The predicted molar refractivity (Wildman–Crippen MR) is 153 cm³/mol. The average Bonchev–Trinajstić information content (AvgIpc) is 3.23. The molecule has 1 saturated heterocycles. The summed E-state index contributed by atoms with van der Waals surface area (Å²) >= 11 is 0. The van der Waals surface area contributed by atoms with E-state index in [0.29, 0.717) is 6.54 Å². The van der Waals surface area contributed by atoms with Gasteiger partial charge in [-0.05, 0) is 112 Å². The van der Waals surface area contributed by atoms with Crippen LogP contribution in [0.3, 0.4) is 0 Å². The number of benzene rings is 2. The number of nitrogens with zero attached hydrogens (tertiary/aromatic N) is 3. The van der Waals surface area contributed by atoms with Crippen molar-refractivity contribution in [1.29, 1.82) is 0 Å². The summed E-state index contributed by atoms with van der Waals surface area (Å²) in [5.74, 6) is 0.785. The molecule has 1 N–H and O–H groups in total. The molecule has 1 fully saturated rings. The Morgan fingerprint density at radius 2 is 1.73 bits per heavy atom.